The van der Waals surface area contributed by atoms with Gasteiger partial charge in [0.2, 0.25) is 5.91 Å². The van der Waals surface area contributed by atoms with Crippen molar-refractivity contribution in [2.24, 2.45) is 0 Å². The molecule has 11 heteroatoms. The molecule has 2 aromatic heterocycles. The number of anilines is 2. The Balaban J connectivity index is 1.49. The number of hydrogen-bond donors (Lipinski definition) is 2. The highest BCUT2D eigenvalue weighted by atomic mass is 35.5. The van der Waals surface area contributed by atoms with Crippen molar-refractivity contribution in [1.29, 1.82) is 0 Å². The molecule has 0 bridgehead atoms. The number of aromatic nitrogens is 2. The zero-order valence-corrected chi connectivity index (χ0v) is 18.3. The van der Waals surface area contributed by atoms with E-state index in [1.807, 2.05) is 18.2 Å². The highest BCUT2D eigenvalue weighted by Crippen LogP contribution is 2.25. The highest BCUT2D eigenvalue weighted by Gasteiger charge is 2.37. The van der Waals surface area contributed by atoms with Gasteiger partial charge in [0, 0.05) is 37.5 Å². The zero-order valence-electron chi connectivity index (χ0n) is 16.7. The van der Waals surface area contributed by atoms with Crippen molar-refractivity contribution >= 4 is 57.3 Å². The summed E-state index contributed by atoms with van der Waals surface area (Å²) in [6.45, 7) is 1.29. The number of fused-ring (bicyclic) bond motifs is 1. The molecule has 162 valence electrons. The normalized spacial score (nSPS) is 16.7. The fraction of sp³-hybridized carbons (Fsp3) is 0.300. The number of piperazine rings is 1. The molecule has 9 nitrogen and oxygen atoms in total. The van der Waals surface area contributed by atoms with E-state index in [0.29, 0.717) is 35.5 Å². The number of urea groups is 1. The minimum absolute atomic E-state index is 0.106. The van der Waals surface area contributed by atoms with E-state index in [4.69, 9.17) is 22.1 Å². The Hall–Kier alpha value is -2.95. The summed E-state index contributed by atoms with van der Waals surface area (Å²) in [5.74, 6) is 0.244. The second-order valence-corrected chi connectivity index (χ2v) is 8.65. The van der Waals surface area contributed by atoms with Gasteiger partial charge >= 0.3 is 6.03 Å². The number of halogens is 1. The van der Waals surface area contributed by atoms with Crippen molar-refractivity contribution in [1.82, 2.24) is 19.8 Å². The standard InChI is InChI=1S/C20H21ClN6O3S/c1-30-9-16-19(28)26(4-5-27(16)20(29)25-13-7-17(21)31-10-13)8-12-2-3-14-15(6-12)23-11-24-18(14)22/h2-3,6-7,10-11,16H,4-5,8-9H2,1H3,(H,25,29)(H2,22,23,24)/t16-/m0/s1. The van der Waals surface area contributed by atoms with Crippen molar-refractivity contribution in [2.75, 3.05) is 37.9 Å². The first kappa shape index (κ1) is 21.3. The van der Waals surface area contributed by atoms with Gasteiger partial charge < -0.3 is 25.6 Å². The van der Waals surface area contributed by atoms with Crippen molar-refractivity contribution in [3.05, 3.63) is 45.9 Å². The van der Waals surface area contributed by atoms with Crippen LogP contribution in [0.1, 0.15) is 5.56 Å². The number of ether oxygens (including phenoxy) is 1. The molecule has 3 aromatic rings. The molecule has 0 saturated carbocycles. The lowest BCUT2D eigenvalue weighted by atomic mass is 10.1. The maximum atomic E-state index is 13.2. The average molecular weight is 461 g/mol. The number of nitrogens with zero attached hydrogens (tertiary/aromatic N) is 4. The molecule has 0 radical (unpaired) electrons. The SMILES string of the molecule is COC[C@H]1C(=O)N(Cc2ccc3c(N)ncnc3c2)CCN1C(=O)Nc1csc(Cl)c1. The first-order valence-corrected chi connectivity index (χ1v) is 10.8. The number of carbonyl (C=O) groups is 2. The van der Waals surface area contributed by atoms with E-state index in [-0.39, 0.29) is 18.5 Å². The monoisotopic (exact) mass is 460 g/mol. The number of amides is 3. The van der Waals surface area contributed by atoms with Crippen molar-refractivity contribution in [3.63, 3.8) is 0 Å². The van der Waals surface area contributed by atoms with Crippen LogP contribution in [0.4, 0.5) is 16.3 Å². The summed E-state index contributed by atoms with van der Waals surface area (Å²) in [6.07, 6.45) is 1.42. The quantitative estimate of drug-likeness (QED) is 0.605. The van der Waals surface area contributed by atoms with Crippen LogP contribution in [-0.2, 0) is 16.1 Å². The Labute approximate surface area is 187 Å². The number of thiophene rings is 1. The number of benzene rings is 1. The van der Waals surface area contributed by atoms with E-state index >= 15 is 0 Å². The second kappa shape index (κ2) is 9.04. The number of rotatable bonds is 5. The van der Waals surface area contributed by atoms with Gasteiger partial charge in [0.25, 0.3) is 0 Å². The maximum absolute atomic E-state index is 13.2. The molecule has 0 aliphatic carbocycles. The van der Waals surface area contributed by atoms with Crippen LogP contribution in [0.5, 0.6) is 0 Å². The van der Waals surface area contributed by atoms with E-state index in [2.05, 4.69) is 15.3 Å². The summed E-state index contributed by atoms with van der Waals surface area (Å²) >= 11 is 7.25. The third kappa shape index (κ3) is 4.55. The van der Waals surface area contributed by atoms with Crippen LogP contribution in [0.2, 0.25) is 4.34 Å². The molecular weight excluding hydrogens is 440 g/mol. The Morgan fingerprint density at radius 2 is 2.19 bits per heavy atom. The van der Waals surface area contributed by atoms with Gasteiger partial charge in [0.1, 0.15) is 18.2 Å². The number of methoxy groups -OCH3 is 1. The first-order valence-electron chi connectivity index (χ1n) is 9.54. The van der Waals surface area contributed by atoms with Crippen LogP contribution in [0, 0.1) is 0 Å². The molecule has 1 aliphatic rings. The first-order chi connectivity index (χ1) is 15.0. The third-order valence-corrected chi connectivity index (χ3v) is 6.18. The molecule has 3 N–H and O–H groups in total. The maximum Gasteiger partial charge on any atom is 0.322 e. The molecule has 1 aliphatic heterocycles. The van der Waals surface area contributed by atoms with Crippen LogP contribution >= 0.6 is 22.9 Å². The molecule has 1 aromatic carbocycles. The fourth-order valence-electron chi connectivity index (χ4n) is 3.57. The number of carbonyl (C=O) groups excluding carboxylic acids is 2. The molecule has 1 saturated heterocycles. The van der Waals surface area contributed by atoms with E-state index in [1.165, 1.54) is 29.7 Å². The van der Waals surface area contributed by atoms with E-state index in [1.54, 1.807) is 16.3 Å². The number of hydrogen-bond acceptors (Lipinski definition) is 7. The lowest BCUT2D eigenvalue weighted by molar-refractivity contribution is -0.142. The van der Waals surface area contributed by atoms with Crippen molar-refractivity contribution in [2.45, 2.75) is 12.6 Å². The van der Waals surface area contributed by atoms with Crippen LogP contribution in [-0.4, -0.2) is 64.6 Å². The van der Waals surface area contributed by atoms with Crippen LogP contribution in [0.15, 0.2) is 36.0 Å². The Morgan fingerprint density at radius 1 is 1.35 bits per heavy atom. The lowest BCUT2D eigenvalue weighted by Crippen LogP contribution is -2.60. The summed E-state index contributed by atoms with van der Waals surface area (Å²) in [6, 6.07) is 6.25. The van der Waals surface area contributed by atoms with Crippen molar-refractivity contribution in [3.8, 4) is 0 Å². The van der Waals surface area contributed by atoms with Crippen molar-refractivity contribution < 1.29 is 14.3 Å². The summed E-state index contributed by atoms with van der Waals surface area (Å²) in [4.78, 5) is 37.4. The van der Waals surface area contributed by atoms with E-state index < -0.39 is 6.04 Å². The second-order valence-electron chi connectivity index (χ2n) is 7.10. The highest BCUT2D eigenvalue weighted by molar-refractivity contribution is 7.14. The van der Waals surface area contributed by atoms with Gasteiger partial charge in [0.15, 0.2) is 0 Å². The molecule has 1 atom stereocenters. The Kier molecular flexibility index (Phi) is 6.21. The topological polar surface area (TPSA) is 114 Å². The van der Waals surface area contributed by atoms with Gasteiger partial charge in [-0.2, -0.15) is 0 Å². The minimum atomic E-state index is -0.716. The largest absolute Gasteiger partial charge is 0.383 e. The predicted molar refractivity (Wildman–Crippen MR) is 120 cm³/mol. The third-order valence-electron chi connectivity index (χ3n) is 5.09. The number of nitrogens with one attached hydrogen (secondary N) is 1. The minimum Gasteiger partial charge on any atom is -0.383 e. The summed E-state index contributed by atoms with van der Waals surface area (Å²) in [5, 5.41) is 5.31. The molecule has 1 fully saturated rings. The molecule has 3 amide bonds. The molecule has 0 unspecified atom stereocenters. The van der Waals surface area contributed by atoms with Gasteiger partial charge in [-0.15, -0.1) is 11.3 Å². The zero-order chi connectivity index (χ0) is 22.0. The number of nitrogens with two attached hydrogens (primary N) is 1. The average Bonchev–Trinajstić information content (AvgIpc) is 3.15. The molecule has 31 heavy (non-hydrogen) atoms. The van der Waals surface area contributed by atoms with E-state index in [0.717, 1.165) is 16.5 Å². The molecule has 0 spiro atoms. The van der Waals surface area contributed by atoms with Gasteiger partial charge in [-0.05, 0) is 23.8 Å². The summed E-state index contributed by atoms with van der Waals surface area (Å²) in [5.41, 5.74) is 8.12. The smallest absolute Gasteiger partial charge is 0.322 e. The molecule has 3 heterocycles. The summed E-state index contributed by atoms with van der Waals surface area (Å²) < 4.78 is 5.81. The fourth-order valence-corrected chi connectivity index (χ4v) is 4.38. The lowest BCUT2D eigenvalue weighted by Gasteiger charge is -2.40. The van der Waals surface area contributed by atoms with Crippen LogP contribution < -0.4 is 11.1 Å². The molecular formula is C20H21ClN6O3S. The van der Waals surface area contributed by atoms with Crippen LogP contribution in [0.25, 0.3) is 10.9 Å². The van der Waals surface area contributed by atoms with Gasteiger partial charge in [0.05, 0.1) is 22.1 Å². The Morgan fingerprint density at radius 3 is 2.94 bits per heavy atom. The van der Waals surface area contributed by atoms with E-state index in [9.17, 15) is 9.59 Å². The molecule has 4 rings (SSSR count). The van der Waals surface area contributed by atoms with Gasteiger partial charge in [-0.3, -0.25) is 4.79 Å². The number of nitrogen functional groups attached to an aromatic ring is 1. The van der Waals surface area contributed by atoms with Gasteiger partial charge in [-0.25, -0.2) is 14.8 Å². The summed E-state index contributed by atoms with van der Waals surface area (Å²) in [7, 11) is 1.51. The predicted octanol–water partition coefficient (Wildman–Crippen LogP) is 2.82. The van der Waals surface area contributed by atoms with Gasteiger partial charge in [-0.1, -0.05) is 17.7 Å². The van der Waals surface area contributed by atoms with Crippen LogP contribution in [0.3, 0.4) is 0 Å². The Bertz CT molecular complexity index is 1120.